The van der Waals surface area contributed by atoms with E-state index >= 15 is 0 Å². The minimum atomic E-state index is -0.197. The monoisotopic (exact) mass is 468 g/mol. The summed E-state index contributed by atoms with van der Waals surface area (Å²) in [6.45, 7) is 3.41. The van der Waals surface area contributed by atoms with Gasteiger partial charge in [0, 0.05) is 22.7 Å². The second-order valence-electron chi connectivity index (χ2n) is 4.90. The van der Waals surface area contributed by atoms with E-state index in [0.717, 1.165) is 12.1 Å². The smallest absolute Gasteiger partial charge is 0.246 e. The van der Waals surface area contributed by atoms with E-state index in [2.05, 4.69) is 26.9 Å². The zero-order valence-corrected chi connectivity index (χ0v) is 17.1. The standard InChI is InChI=1S/C18H20N4OS.HI/c1-3-14-7-5-8-15(11-14)22-17(23)13-21-18(19-4-2)20-12-16-9-6-10-24-16;/h1,5-11H,4,12-13H2,2H3,(H,22,23)(H2,19,20,21);1H. The molecule has 0 radical (unpaired) electrons. The summed E-state index contributed by atoms with van der Waals surface area (Å²) < 4.78 is 0. The molecule has 0 saturated heterocycles. The van der Waals surface area contributed by atoms with Gasteiger partial charge in [0.05, 0.1) is 6.54 Å². The fraction of sp³-hybridized carbons (Fsp3) is 0.222. The van der Waals surface area contributed by atoms with E-state index in [1.165, 1.54) is 4.88 Å². The molecular formula is C18H21IN4OS. The first-order valence-corrected chi connectivity index (χ1v) is 8.50. The molecule has 0 bridgehead atoms. The van der Waals surface area contributed by atoms with Gasteiger partial charge in [0.2, 0.25) is 5.91 Å². The predicted molar refractivity (Wildman–Crippen MR) is 116 cm³/mol. The molecule has 0 spiro atoms. The van der Waals surface area contributed by atoms with Crippen LogP contribution in [-0.4, -0.2) is 25.0 Å². The molecule has 5 nitrogen and oxygen atoms in total. The lowest BCUT2D eigenvalue weighted by atomic mass is 10.2. The van der Waals surface area contributed by atoms with Crippen molar-refractivity contribution in [3.63, 3.8) is 0 Å². The second-order valence-corrected chi connectivity index (χ2v) is 5.93. The van der Waals surface area contributed by atoms with Crippen LogP contribution in [0.3, 0.4) is 0 Å². The Morgan fingerprint density at radius 1 is 1.28 bits per heavy atom. The van der Waals surface area contributed by atoms with E-state index in [1.54, 1.807) is 29.5 Å². The van der Waals surface area contributed by atoms with Crippen molar-refractivity contribution >= 4 is 52.9 Å². The van der Waals surface area contributed by atoms with Crippen LogP contribution in [0.25, 0.3) is 0 Å². The van der Waals surface area contributed by atoms with Crippen LogP contribution in [0.2, 0.25) is 0 Å². The highest BCUT2D eigenvalue weighted by Crippen LogP contribution is 2.09. The molecule has 0 aliphatic rings. The number of carbonyl (C=O) groups excluding carboxylic acids is 1. The molecule has 7 heteroatoms. The molecule has 0 saturated carbocycles. The van der Waals surface area contributed by atoms with Gasteiger partial charge in [-0.1, -0.05) is 18.1 Å². The zero-order chi connectivity index (χ0) is 17.2. The number of anilines is 1. The maximum atomic E-state index is 12.0. The number of benzene rings is 1. The largest absolute Gasteiger partial charge is 0.357 e. The summed E-state index contributed by atoms with van der Waals surface area (Å²) in [5, 5.41) is 11.1. The first-order chi connectivity index (χ1) is 11.7. The van der Waals surface area contributed by atoms with E-state index < -0.39 is 0 Å². The summed E-state index contributed by atoms with van der Waals surface area (Å²) in [6, 6.07) is 11.2. The lowest BCUT2D eigenvalue weighted by molar-refractivity contribution is -0.114. The third-order valence-corrected chi connectivity index (χ3v) is 3.92. The summed E-state index contributed by atoms with van der Waals surface area (Å²) in [7, 11) is 0. The van der Waals surface area contributed by atoms with Gasteiger partial charge in [-0.15, -0.1) is 41.7 Å². The van der Waals surface area contributed by atoms with Crippen LogP contribution >= 0.6 is 35.3 Å². The van der Waals surface area contributed by atoms with Crippen LogP contribution in [0.5, 0.6) is 0 Å². The van der Waals surface area contributed by atoms with Gasteiger partial charge < -0.3 is 16.0 Å². The average Bonchev–Trinajstić information content (AvgIpc) is 3.11. The van der Waals surface area contributed by atoms with Gasteiger partial charge in [-0.3, -0.25) is 4.79 Å². The number of aliphatic imine (C=N–C) groups is 1. The van der Waals surface area contributed by atoms with Crippen LogP contribution in [0, 0.1) is 12.3 Å². The number of hydrogen-bond donors (Lipinski definition) is 3. The Hall–Kier alpha value is -2.05. The Labute approximate surface area is 169 Å². The lowest BCUT2D eigenvalue weighted by Crippen LogP contribution is -2.37. The molecule has 1 aromatic heterocycles. The number of hydrogen-bond acceptors (Lipinski definition) is 3. The lowest BCUT2D eigenvalue weighted by Gasteiger charge is -2.10. The minimum Gasteiger partial charge on any atom is -0.357 e. The van der Waals surface area contributed by atoms with Gasteiger partial charge in [-0.2, -0.15) is 0 Å². The zero-order valence-electron chi connectivity index (χ0n) is 13.9. The van der Waals surface area contributed by atoms with E-state index in [9.17, 15) is 4.79 Å². The van der Waals surface area contributed by atoms with Crippen molar-refractivity contribution in [1.82, 2.24) is 10.6 Å². The summed E-state index contributed by atoms with van der Waals surface area (Å²) in [5.41, 5.74) is 1.39. The first-order valence-electron chi connectivity index (χ1n) is 7.62. The molecule has 1 aromatic carbocycles. The van der Waals surface area contributed by atoms with Crippen LogP contribution in [0.4, 0.5) is 5.69 Å². The van der Waals surface area contributed by atoms with Crippen molar-refractivity contribution in [2.75, 3.05) is 18.4 Å². The average molecular weight is 468 g/mol. The van der Waals surface area contributed by atoms with Crippen molar-refractivity contribution in [3.8, 4) is 12.3 Å². The Morgan fingerprint density at radius 2 is 2.12 bits per heavy atom. The molecule has 0 atom stereocenters. The number of rotatable bonds is 6. The molecular weight excluding hydrogens is 447 g/mol. The molecule has 1 amide bonds. The van der Waals surface area contributed by atoms with E-state index in [1.807, 2.05) is 30.5 Å². The molecule has 0 aliphatic carbocycles. The topological polar surface area (TPSA) is 65.5 Å². The SMILES string of the molecule is C#Cc1cccc(NC(=O)CN=C(NCC)NCc2cccs2)c1.I. The highest BCUT2D eigenvalue weighted by Gasteiger charge is 2.04. The van der Waals surface area contributed by atoms with Crippen molar-refractivity contribution < 1.29 is 4.79 Å². The highest BCUT2D eigenvalue weighted by atomic mass is 127. The number of amides is 1. The highest BCUT2D eigenvalue weighted by molar-refractivity contribution is 14.0. The molecule has 132 valence electrons. The number of terminal acetylenes is 1. The van der Waals surface area contributed by atoms with E-state index in [0.29, 0.717) is 18.2 Å². The quantitative estimate of drug-likeness (QED) is 0.264. The molecule has 3 N–H and O–H groups in total. The maximum Gasteiger partial charge on any atom is 0.246 e. The predicted octanol–water partition coefficient (Wildman–Crippen LogP) is 3.04. The molecule has 2 rings (SSSR count). The molecule has 1 heterocycles. The third-order valence-electron chi connectivity index (χ3n) is 3.05. The van der Waals surface area contributed by atoms with E-state index in [-0.39, 0.29) is 36.4 Å². The van der Waals surface area contributed by atoms with Gasteiger partial charge >= 0.3 is 0 Å². The van der Waals surface area contributed by atoms with Gasteiger partial charge in [0.25, 0.3) is 0 Å². The van der Waals surface area contributed by atoms with Crippen molar-refractivity contribution in [2.45, 2.75) is 13.5 Å². The Kier molecular flexibility index (Phi) is 9.65. The fourth-order valence-electron chi connectivity index (χ4n) is 1.96. The van der Waals surface area contributed by atoms with Crippen molar-refractivity contribution in [1.29, 1.82) is 0 Å². The van der Waals surface area contributed by atoms with Crippen LogP contribution < -0.4 is 16.0 Å². The number of thiophene rings is 1. The van der Waals surface area contributed by atoms with Crippen molar-refractivity contribution in [3.05, 3.63) is 52.2 Å². The summed E-state index contributed by atoms with van der Waals surface area (Å²) in [6.07, 6.45) is 5.35. The van der Waals surface area contributed by atoms with E-state index in [4.69, 9.17) is 6.42 Å². The number of guanidine groups is 1. The van der Waals surface area contributed by atoms with Gasteiger partial charge in [-0.25, -0.2) is 4.99 Å². The Bertz CT molecular complexity index is 738. The second kappa shape index (κ2) is 11.5. The van der Waals surface area contributed by atoms with Crippen LogP contribution in [-0.2, 0) is 11.3 Å². The summed E-state index contributed by atoms with van der Waals surface area (Å²) in [4.78, 5) is 17.5. The number of nitrogens with one attached hydrogen (secondary N) is 3. The Balaban J connectivity index is 0.00000312. The molecule has 0 fully saturated rings. The van der Waals surface area contributed by atoms with Gasteiger partial charge in [0.15, 0.2) is 5.96 Å². The summed E-state index contributed by atoms with van der Waals surface area (Å²) in [5.74, 6) is 2.95. The third kappa shape index (κ3) is 7.58. The molecule has 25 heavy (non-hydrogen) atoms. The van der Waals surface area contributed by atoms with Gasteiger partial charge in [0.1, 0.15) is 6.54 Å². The number of nitrogens with zero attached hydrogens (tertiary/aromatic N) is 1. The van der Waals surface area contributed by atoms with Crippen LogP contribution in [0.1, 0.15) is 17.4 Å². The normalized spacial score (nSPS) is 10.3. The van der Waals surface area contributed by atoms with Gasteiger partial charge in [-0.05, 0) is 36.6 Å². The van der Waals surface area contributed by atoms with Crippen LogP contribution in [0.15, 0.2) is 46.8 Å². The molecule has 2 aromatic rings. The first kappa shape index (κ1) is 21.0. The van der Waals surface area contributed by atoms with Crippen molar-refractivity contribution in [2.24, 2.45) is 4.99 Å². The number of carbonyl (C=O) groups is 1. The molecule has 0 aliphatic heterocycles. The maximum absolute atomic E-state index is 12.0. The Morgan fingerprint density at radius 3 is 2.80 bits per heavy atom. The fourth-order valence-corrected chi connectivity index (χ4v) is 2.61. The summed E-state index contributed by atoms with van der Waals surface area (Å²) >= 11 is 1.67. The molecule has 0 unspecified atom stereocenters. The minimum absolute atomic E-state index is 0. The number of halogens is 1.